The van der Waals surface area contributed by atoms with Gasteiger partial charge in [0.15, 0.2) is 6.39 Å². The van der Waals surface area contributed by atoms with Crippen LogP contribution >= 0.6 is 11.6 Å². The third-order valence-corrected chi connectivity index (χ3v) is 4.42. The van der Waals surface area contributed by atoms with E-state index >= 15 is 0 Å². The van der Waals surface area contributed by atoms with E-state index in [1.807, 2.05) is 13.0 Å². The summed E-state index contributed by atoms with van der Waals surface area (Å²) >= 11 is 6.05. The number of aromatic nitrogens is 2. The molecule has 0 aliphatic carbocycles. The zero-order valence-electron chi connectivity index (χ0n) is 12.7. The van der Waals surface area contributed by atoms with Gasteiger partial charge >= 0.3 is 0 Å². The molecule has 118 valence electrons. The van der Waals surface area contributed by atoms with Crippen LogP contribution in [0.1, 0.15) is 24.3 Å². The third-order valence-electron chi connectivity index (χ3n) is 4.13. The van der Waals surface area contributed by atoms with Gasteiger partial charge in [-0.1, -0.05) is 11.6 Å². The van der Waals surface area contributed by atoms with Crippen molar-refractivity contribution in [1.29, 1.82) is 0 Å². The number of hydrogen-bond donors (Lipinski definition) is 0. The van der Waals surface area contributed by atoms with Gasteiger partial charge in [-0.25, -0.2) is 4.98 Å². The van der Waals surface area contributed by atoms with Crippen LogP contribution in [0.2, 0.25) is 5.02 Å². The minimum atomic E-state index is 0.568. The van der Waals surface area contributed by atoms with Gasteiger partial charge in [0.1, 0.15) is 16.5 Å². The van der Waals surface area contributed by atoms with Crippen molar-refractivity contribution >= 4 is 11.6 Å². The fourth-order valence-electron chi connectivity index (χ4n) is 2.69. The minimum absolute atomic E-state index is 0.568. The predicted octanol–water partition coefficient (Wildman–Crippen LogP) is 3.32. The Hall–Kier alpha value is -1.59. The Morgan fingerprint density at radius 2 is 2.23 bits per heavy atom. The lowest BCUT2D eigenvalue weighted by Gasteiger charge is -2.31. The predicted molar refractivity (Wildman–Crippen MR) is 84.0 cm³/mol. The minimum Gasteiger partial charge on any atom is -0.492 e. The second kappa shape index (κ2) is 7.11. The van der Waals surface area contributed by atoms with Gasteiger partial charge in [0, 0.05) is 25.0 Å². The summed E-state index contributed by atoms with van der Waals surface area (Å²) in [7, 11) is 0. The van der Waals surface area contributed by atoms with Crippen LogP contribution in [-0.4, -0.2) is 34.6 Å². The summed E-state index contributed by atoms with van der Waals surface area (Å²) < 4.78 is 11.1. The Morgan fingerprint density at radius 3 is 2.91 bits per heavy atom. The molecule has 0 atom stereocenters. The van der Waals surface area contributed by atoms with E-state index in [0.29, 0.717) is 17.5 Å². The summed E-state index contributed by atoms with van der Waals surface area (Å²) in [5.74, 6) is 2.20. The van der Waals surface area contributed by atoms with E-state index in [4.69, 9.17) is 20.8 Å². The summed E-state index contributed by atoms with van der Waals surface area (Å²) in [6.07, 6.45) is 7.08. The van der Waals surface area contributed by atoms with E-state index in [1.54, 1.807) is 12.4 Å². The molecular weight excluding hydrogens is 302 g/mol. The number of likely N-dealkylation sites (tertiary alicyclic amines) is 1. The Morgan fingerprint density at radius 1 is 1.41 bits per heavy atom. The summed E-state index contributed by atoms with van der Waals surface area (Å²) in [4.78, 5) is 10.6. The smallest absolute Gasteiger partial charge is 0.181 e. The van der Waals surface area contributed by atoms with Crippen molar-refractivity contribution in [2.24, 2.45) is 5.92 Å². The second-order valence-electron chi connectivity index (χ2n) is 5.69. The first-order valence-electron chi connectivity index (χ1n) is 7.56. The standard InChI is InChI=1S/C16H20ClN3O2/c1-12-15(19-11-22-12)9-20-6-3-13(4-7-20)10-21-16-2-5-18-8-14(16)17/h2,5,8,11,13H,3-4,6-7,9-10H2,1H3. The van der Waals surface area contributed by atoms with Crippen molar-refractivity contribution in [2.45, 2.75) is 26.3 Å². The van der Waals surface area contributed by atoms with Crippen molar-refractivity contribution in [3.8, 4) is 5.75 Å². The number of pyridine rings is 1. The molecule has 3 rings (SSSR count). The van der Waals surface area contributed by atoms with Crippen molar-refractivity contribution < 1.29 is 9.15 Å². The number of piperidine rings is 1. The Kier molecular flexibility index (Phi) is 4.95. The van der Waals surface area contributed by atoms with E-state index in [-0.39, 0.29) is 0 Å². The fraction of sp³-hybridized carbons (Fsp3) is 0.500. The van der Waals surface area contributed by atoms with Gasteiger partial charge in [0.25, 0.3) is 0 Å². The van der Waals surface area contributed by atoms with Crippen molar-refractivity contribution in [3.63, 3.8) is 0 Å². The lowest BCUT2D eigenvalue weighted by molar-refractivity contribution is 0.135. The van der Waals surface area contributed by atoms with Gasteiger partial charge in [0.05, 0.1) is 12.3 Å². The molecule has 0 radical (unpaired) electrons. The largest absolute Gasteiger partial charge is 0.492 e. The molecule has 0 amide bonds. The molecule has 22 heavy (non-hydrogen) atoms. The fourth-order valence-corrected chi connectivity index (χ4v) is 2.86. The number of nitrogens with zero attached hydrogens (tertiary/aromatic N) is 3. The number of rotatable bonds is 5. The lowest BCUT2D eigenvalue weighted by atomic mass is 9.97. The van der Waals surface area contributed by atoms with E-state index in [1.165, 1.54) is 6.39 Å². The first-order chi connectivity index (χ1) is 10.7. The van der Waals surface area contributed by atoms with E-state index < -0.39 is 0 Å². The second-order valence-corrected chi connectivity index (χ2v) is 6.10. The molecule has 5 nitrogen and oxygen atoms in total. The van der Waals surface area contributed by atoms with Crippen LogP contribution in [0.3, 0.4) is 0 Å². The third kappa shape index (κ3) is 3.78. The molecule has 0 unspecified atom stereocenters. The highest BCUT2D eigenvalue weighted by Gasteiger charge is 2.21. The average molecular weight is 322 g/mol. The molecule has 1 aliphatic heterocycles. The van der Waals surface area contributed by atoms with Gasteiger partial charge in [-0.05, 0) is 38.8 Å². The molecule has 6 heteroatoms. The van der Waals surface area contributed by atoms with Crippen LogP contribution in [-0.2, 0) is 6.54 Å². The first-order valence-corrected chi connectivity index (χ1v) is 7.94. The van der Waals surface area contributed by atoms with Gasteiger partial charge in [0.2, 0.25) is 0 Å². The van der Waals surface area contributed by atoms with Gasteiger partial charge < -0.3 is 9.15 Å². The molecule has 1 fully saturated rings. The molecule has 0 bridgehead atoms. The monoisotopic (exact) mass is 321 g/mol. The quantitative estimate of drug-likeness (QED) is 0.845. The van der Waals surface area contributed by atoms with E-state index in [0.717, 1.165) is 49.7 Å². The number of ether oxygens (including phenoxy) is 1. The molecule has 0 spiro atoms. The molecule has 2 aromatic heterocycles. The SMILES string of the molecule is Cc1ocnc1CN1CCC(COc2ccncc2Cl)CC1. The summed E-state index contributed by atoms with van der Waals surface area (Å²) in [5, 5.41) is 0.571. The summed E-state index contributed by atoms with van der Waals surface area (Å²) in [6, 6.07) is 1.81. The zero-order valence-corrected chi connectivity index (χ0v) is 13.4. The number of hydrogen-bond acceptors (Lipinski definition) is 5. The molecule has 1 saturated heterocycles. The number of halogens is 1. The van der Waals surface area contributed by atoms with Crippen LogP contribution in [0.4, 0.5) is 0 Å². The zero-order chi connectivity index (χ0) is 15.4. The molecule has 0 aromatic carbocycles. The topological polar surface area (TPSA) is 51.4 Å². The van der Waals surface area contributed by atoms with Crippen molar-refractivity contribution in [1.82, 2.24) is 14.9 Å². The van der Waals surface area contributed by atoms with Crippen LogP contribution in [0.5, 0.6) is 5.75 Å². The van der Waals surface area contributed by atoms with Crippen molar-refractivity contribution in [2.75, 3.05) is 19.7 Å². The molecule has 0 N–H and O–H groups in total. The Bertz CT molecular complexity index is 609. The van der Waals surface area contributed by atoms with Crippen LogP contribution in [0.15, 0.2) is 29.3 Å². The van der Waals surface area contributed by atoms with Crippen molar-refractivity contribution in [3.05, 3.63) is 41.3 Å². The highest BCUT2D eigenvalue weighted by Crippen LogP contribution is 2.25. The number of oxazole rings is 1. The summed E-state index contributed by atoms with van der Waals surface area (Å²) in [5.41, 5.74) is 1.04. The Balaban J connectivity index is 1.44. The van der Waals surface area contributed by atoms with Gasteiger partial charge in [-0.3, -0.25) is 9.88 Å². The normalized spacial score (nSPS) is 16.8. The highest BCUT2D eigenvalue weighted by molar-refractivity contribution is 6.31. The average Bonchev–Trinajstić information content (AvgIpc) is 2.93. The van der Waals surface area contributed by atoms with E-state index in [2.05, 4.69) is 14.9 Å². The molecular formula is C16H20ClN3O2. The van der Waals surface area contributed by atoms with Gasteiger partial charge in [-0.2, -0.15) is 0 Å². The maximum absolute atomic E-state index is 6.05. The maximum Gasteiger partial charge on any atom is 0.181 e. The van der Waals surface area contributed by atoms with Crippen LogP contribution in [0.25, 0.3) is 0 Å². The molecule has 1 aliphatic rings. The molecule has 2 aromatic rings. The number of aryl methyl sites for hydroxylation is 1. The van der Waals surface area contributed by atoms with Crippen LogP contribution < -0.4 is 4.74 Å². The molecule has 0 saturated carbocycles. The summed E-state index contributed by atoms with van der Waals surface area (Å²) in [6.45, 7) is 5.66. The first kappa shape index (κ1) is 15.3. The highest BCUT2D eigenvalue weighted by atomic mass is 35.5. The van der Waals surface area contributed by atoms with Gasteiger partial charge in [-0.15, -0.1) is 0 Å². The Labute approximate surface area is 135 Å². The lowest BCUT2D eigenvalue weighted by Crippen LogP contribution is -2.35. The molecule has 3 heterocycles. The van der Waals surface area contributed by atoms with Crippen LogP contribution in [0, 0.1) is 12.8 Å². The maximum atomic E-state index is 6.05. The van der Waals surface area contributed by atoms with E-state index in [9.17, 15) is 0 Å².